The molecule has 0 fully saturated rings. The van der Waals surface area contributed by atoms with Gasteiger partial charge >= 0.3 is 0 Å². The number of nitriles is 1. The van der Waals surface area contributed by atoms with E-state index in [4.69, 9.17) is 10.00 Å². The Hall–Kier alpha value is -0.240. The van der Waals surface area contributed by atoms with Crippen molar-refractivity contribution < 1.29 is 4.74 Å². The van der Waals surface area contributed by atoms with Gasteiger partial charge in [-0.3, -0.25) is 0 Å². The first-order valence-electron chi connectivity index (χ1n) is 4.04. The summed E-state index contributed by atoms with van der Waals surface area (Å²) in [6, 6.07) is 2.19. The summed E-state index contributed by atoms with van der Waals surface area (Å²) in [7, 11) is 1.69. The molecule has 0 aliphatic heterocycles. The minimum Gasteiger partial charge on any atom is -0.384 e. The highest BCUT2D eigenvalue weighted by molar-refractivity contribution is 7.99. The van der Waals surface area contributed by atoms with Crippen molar-refractivity contribution in [1.82, 2.24) is 5.32 Å². The summed E-state index contributed by atoms with van der Waals surface area (Å²) in [5.41, 5.74) is 0. The van der Waals surface area contributed by atoms with E-state index in [1.165, 1.54) is 0 Å². The number of hydrogen-bond donors (Lipinski definition) is 1. The number of rotatable bonds is 7. The topological polar surface area (TPSA) is 45.0 Å². The molecule has 0 aromatic heterocycles. The Balaban J connectivity index is 3.27. The average Bonchev–Trinajstić information content (AvgIpc) is 2.10. The van der Waals surface area contributed by atoms with E-state index in [0.29, 0.717) is 0 Å². The number of nitrogens with zero attached hydrogens (tertiary/aromatic N) is 1. The van der Waals surface area contributed by atoms with Crippen LogP contribution in [0.15, 0.2) is 0 Å². The van der Waals surface area contributed by atoms with Crippen LogP contribution in [-0.2, 0) is 4.74 Å². The van der Waals surface area contributed by atoms with E-state index in [0.717, 1.165) is 24.7 Å². The van der Waals surface area contributed by atoms with Crippen LogP contribution in [0.1, 0.15) is 6.92 Å². The van der Waals surface area contributed by atoms with Crippen LogP contribution in [0.3, 0.4) is 0 Å². The van der Waals surface area contributed by atoms with Crippen LogP contribution >= 0.6 is 11.8 Å². The molecule has 4 heteroatoms. The van der Waals surface area contributed by atoms with Crippen molar-refractivity contribution in [3.8, 4) is 6.07 Å². The van der Waals surface area contributed by atoms with E-state index < -0.39 is 0 Å². The van der Waals surface area contributed by atoms with Crippen molar-refractivity contribution >= 4 is 11.8 Å². The molecule has 0 saturated carbocycles. The summed E-state index contributed by atoms with van der Waals surface area (Å²) in [5.74, 6) is 1.80. The molecule has 1 unspecified atom stereocenters. The van der Waals surface area contributed by atoms with Crippen molar-refractivity contribution in [2.75, 3.05) is 31.8 Å². The highest BCUT2D eigenvalue weighted by Gasteiger charge is 2.03. The van der Waals surface area contributed by atoms with Gasteiger partial charge in [0.25, 0.3) is 0 Å². The van der Waals surface area contributed by atoms with Gasteiger partial charge in [0.2, 0.25) is 0 Å². The monoisotopic (exact) mass is 188 g/mol. The minimum absolute atomic E-state index is 0.0168. The lowest BCUT2D eigenvalue weighted by molar-refractivity contribution is 0.218. The maximum absolute atomic E-state index is 8.66. The fourth-order valence-electron chi connectivity index (χ4n) is 0.732. The molecule has 0 radical (unpaired) electrons. The molecule has 0 saturated heterocycles. The number of ether oxygens (including phenoxy) is 1. The molecule has 0 bridgehead atoms. The Morgan fingerprint density at radius 2 is 2.42 bits per heavy atom. The number of hydrogen-bond acceptors (Lipinski definition) is 4. The Morgan fingerprint density at radius 3 is 2.92 bits per heavy atom. The van der Waals surface area contributed by atoms with E-state index in [2.05, 4.69) is 11.4 Å². The third-order valence-electron chi connectivity index (χ3n) is 1.32. The van der Waals surface area contributed by atoms with Crippen molar-refractivity contribution in [3.05, 3.63) is 0 Å². The molecule has 0 spiro atoms. The van der Waals surface area contributed by atoms with Crippen molar-refractivity contribution in [2.24, 2.45) is 0 Å². The van der Waals surface area contributed by atoms with Gasteiger partial charge in [0.1, 0.15) is 6.04 Å². The lowest BCUT2D eigenvalue weighted by Crippen LogP contribution is -2.29. The lowest BCUT2D eigenvalue weighted by atomic mass is 10.4. The van der Waals surface area contributed by atoms with Crippen LogP contribution in [0.25, 0.3) is 0 Å². The van der Waals surface area contributed by atoms with Crippen LogP contribution in [-0.4, -0.2) is 37.8 Å². The summed E-state index contributed by atoms with van der Waals surface area (Å²) >= 11 is 1.74. The summed E-state index contributed by atoms with van der Waals surface area (Å²) in [4.78, 5) is 0. The molecule has 1 N–H and O–H groups in total. The average molecular weight is 188 g/mol. The van der Waals surface area contributed by atoms with Gasteiger partial charge in [-0.15, -0.1) is 0 Å². The number of nitrogens with one attached hydrogen (secondary N) is 1. The van der Waals surface area contributed by atoms with Crippen molar-refractivity contribution in [3.63, 3.8) is 0 Å². The molecule has 0 aliphatic carbocycles. The maximum Gasteiger partial charge on any atom is 0.104 e. The first kappa shape index (κ1) is 11.8. The highest BCUT2D eigenvalue weighted by atomic mass is 32.2. The van der Waals surface area contributed by atoms with Crippen molar-refractivity contribution in [1.29, 1.82) is 5.26 Å². The third-order valence-corrected chi connectivity index (χ3v) is 2.35. The summed E-state index contributed by atoms with van der Waals surface area (Å²) in [5, 5.41) is 11.7. The second-order valence-electron chi connectivity index (χ2n) is 2.31. The molecule has 12 heavy (non-hydrogen) atoms. The maximum atomic E-state index is 8.66. The van der Waals surface area contributed by atoms with Gasteiger partial charge in [0.05, 0.1) is 12.7 Å². The second kappa shape index (κ2) is 8.85. The van der Waals surface area contributed by atoms with E-state index in [9.17, 15) is 0 Å². The molecule has 0 amide bonds. The Kier molecular flexibility index (Phi) is 8.68. The zero-order valence-corrected chi connectivity index (χ0v) is 8.49. The molecule has 0 rings (SSSR count). The van der Waals surface area contributed by atoms with Gasteiger partial charge in [0, 0.05) is 18.6 Å². The SMILES string of the molecule is CCNC(C#N)CSCCOC. The molecule has 3 nitrogen and oxygen atoms in total. The molecule has 70 valence electrons. The van der Waals surface area contributed by atoms with Crippen molar-refractivity contribution in [2.45, 2.75) is 13.0 Å². The van der Waals surface area contributed by atoms with Gasteiger partial charge in [-0.1, -0.05) is 6.92 Å². The standard InChI is InChI=1S/C8H16N2OS/c1-3-10-8(6-9)7-12-5-4-11-2/h8,10H,3-5,7H2,1-2H3. The van der Waals surface area contributed by atoms with Crippen LogP contribution in [0.2, 0.25) is 0 Å². The van der Waals surface area contributed by atoms with Gasteiger partial charge in [0.15, 0.2) is 0 Å². The normalized spacial score (nSPS) is 12.4. The van der Waals surface area contributed by atoms with E-state index >= 15 is 0 Å². The molecule has 1 atom stereocenters. The number of methoxy groups -OCH3 is 1. The zero-order chi connectivity index (χ0) is 9.23. The number of thioether (sulfide) groups is 1. The van der Waals surface area contributed by atoms with Gasteiger partial charge in [-0.25, -0.2) is 0 Å². The Morgan fingerprint density at radius 1 is 1.67 bits per heavy atom. The molecule has 0 aromatic carbocycles. The predicted molar refractivity (Wildman–Crippen MR) is 52.3 cm³/mol. The fourth-order valence-corrected chi connectivity index (χ4v) is 1.61. The summed E-state index contributed by atoms with van der Waals surface area (Å²) < 4.78 is 4.89. The zero-order valence-electron chi connectivity index (χ0n) is 7.67. The summed E-state index contributed by atoms with van der Waals surface area (Å²) in [6.45, 7) is 3.61. The van der Waals surface area contributed by atoms with E-state index in [1.54, 1.807) is 18.9 Å². The highest BCUT2D eigenvalue weighted by Crippen LogP contribution is 2.01. The van der Waals surface area contributed by atoms with Crippen LogP contribution in [0, 0.1) is 11.3 Å². The molecule has 0 heterocycles. The van der Waals surface area contributed by atoms with Crippen LogP contribution < -0.4 is 5.32 Å². The van der Waals surface area contributed by atoms with E-state index in [1.807, 2.05) is 6.92 Å². The van der Waals surface area contributed by atoms with Crippen LogP contribution in [0.5, 0.6) is 0 Å². The largest absolute Gasteiger partial charge is 0.384 e. The first-order valence-corrected chi connectivity index (χ1v) is 5.20. The fraction of sp³-hybridized carbons (Fsp3) is 0.875. The van der Waals surface area contributed by atoms with Gasteiger partial charge in [-0.05, 0) is 6.54 Å². The van der Waals surface area contributed by atoms with Gasteiger partial charge < -0.3 is 10.1 Å². The smallest absolute Gasteiger partial charge is 0.104 e. The quantitative estimate of drug-likeness (QED) is 0.602. The van der Waals surface area contributed by atoms with Crippen LogP contribution in [0.4, 0.5) is 0 Å². The third kappa shape index (κ3) is 6.47. The van der Waals surface area contributed by atoms with Gasteiger partial charge in [-0.2, -0.15) is 17.0 Å². The predicted octanol–water partition coefficient (Wildman–Crippen LogP) is 0.868. The molecule has 0 aromatic rings. The lowest BCUT2D eigenvalue weighted by Gasteiger charge is -2.08. The molecule has 0 aliphatic rings. The molecular weight excluding hydrogens is 172 g/mol. The first-order chi connectivity index (χ1) is 5.85. The Labute approximate surface area is 78.5 Å². The van der Waals surface area contributed by atoms with E-state index in [-0.39, 0.29) is 6.04 Å². The molecular formula is C8H16N2OS. The Bertz CT molecular complexity index is 136. The minimum atomic E-state index is -0.0168. The summed E-state index contributed by atoms with van der Waals surface area (Å²) in [6.07, 6.45) is 0. The second-order valence-corrected chi connectivity index (χ2v) is 3.46.